The molecule has 0 aliphatic carbocycles. The van der Waals surface area contributed by atoms with Crippen LogP contribution in [-0.2, 0) is 0 Å². The molecule has 2 aromatic rings. The molecule has 0 aliphatic rings. The summed E-state index contributed by atoms with van der Waals surface area (Å²) in [6.45, 7) is 0. The highest BCUT2D eigenvalue weighted by Crippen LogP contribution is 2.11. The van der Waals surface area contributed by atoms with Crippen LogP contribution in [0.15, 0.2) is 29.9 Å². The number of nitro groups is 1. The molecular weight excluding hydrogens is 176 g/mol. The Morgan fingerprint density at radius 2 is 2.33 bits per heavy atom. The molecule has 0 N–H and O–H groups in total. The number of nitrogens with zero attached hydrogens (tertiary/aromatic N) is 2. The van der Waals surface area contributed by atoms with Crippen molar-refractivity contribution >= 4 is 21.9 Å². The highest BCUT2D eigenvalue weighted by Gasteiger charge is 2.12. The summed E-state index contributed by atoms with van der Waals surface area (Å²) in [7, 11) is 0. The maximum atomic E-state index is 10.4. The molecule has 2 rings (SSSR count). The van der Waals surface area contributed by atoms with Crippen molar-refractivity contribution in [3.8, 4) is 0 Å². The molecule has 0 spiro atoms. The van der Waals surface area contributed by atoms with Gasteiger partial charge < -0.3 is 0 Å². The number of fused-ring (bicyclic) bond motifs is 1. The summed E-state index contributed by atoms with van der Waals surface area (Å²) < 4.78 is 1.74. The van der Waals surface area contributed by atoms with Crippen molar-refractivity contribution in [2.24, 2.45) is 0 Å². The van der Waals surface area contributed by atoms with E-state index in [-0.39, 0.29) is 5.69 Å². The van der Waals surface area contributed by atoms with Crippen molar-refractivity contribution in [2.45, 2.75) is 0 Å². The van der Waals surface area contributed by atoms with Gasteiger partial charge in [0.15, 0.2) is 6.20 Å². The summed E-state index contributed by atoms with van der Waals surface area (Å²) in [6.07, 6.45) is 3.30. The lowest BCUT2D eigenvalue weighted by atomic mass is 10.4. The van der Waals surface area contributed by atoms with Crippen molar-refractivity contribution < 1.29 is 9.32 Å². The van der Waals surface area contributed by atoms with E-state index in [4.69, 9.17) is 0 Å². The fourth-order valence-corrected chi connectivity index (χ4v) is 1.70. The largest absolute Gasteiger partial charge is 0.332 e. The number of rotatable bonds is 1. The Morgan fingerprint density at radius 1 is 1.50 bits per heavy atom. The number of hydrogen-bond acceptors (Lipinski definition) is 3. The summed E-state index contributed by atoms with van der Waals surface area (Å²) >= 11 is 1.55. The summed E-state index contributed by atoms with van der Waals surface area (Å²) in [4.78, 5) is 11.0. The van der Waals surface area contributed by atoms with Crippen LogP contribution in [0.25, 0.3) is 4.83 Å². The molecule has 2 heterocycles. The zero-order chi connectivity index (χ0) is 8.55. The van der Waals surface area contributed by atoms with Gasteiger partial charge in [-0.15, -0.1) is 0 Å². The highest BCUT2D eigenvalue weighted by molar-refractivity contribution is 7.14. The molecule has 12 heavy (non-hydrogen) atoms. The van der Waals surface area contributed by atoms with Crippen LogP contribution >= 0.6 is 11.3 Å². The standard InChI is InChI=1S/C7H5N2O2S/c10-9(11)6-1-2-7-8(5-6)3-4-12-7/h1-5H/q+1. The molecule has 0 amide bonds. The van der Waals surface area contributed by atoms with Crippen molar-refractivity contribution in [2.75, 3.05) is 0 Å². The number of hydrogen-bond donors (Lipinski definition) is 0. The number of pyridine rings is 1. The SMILES string of the molecule is O=[N+]([O-])c1ccc2scc[n+]2c1. The molecule has 0 unspecified atom stereocenters. The highest BCUT2D eigenvalue weighted by atomic mass is 32.1. The molecule has 0 saturated carbocycles. The van der Waals surface area contributed by atoms with Crippen LogP contribution in [0.5, 0.6) is 0 Å². The molecule has 5 heteroatoms. The van der Waals surface area contributed by atoms with E-state index < -0.39 is 4.92 Å². The fourth-order valence-electron chi connectivity index (χ4n) is 0.982. The first kappa shape index (κ1) is 7.17. The Hall–Kier alpha value is -1.49. The van der Waals surface area contributed by atoms with Crippen molar-refractivity contribution in [1.82, 2.24) is 0 Å². The number of aromatic nitrogens is 1. The van der Waals surface area contributed by atoms with E-state index in [1.807, 2.05) is 5.38 Å². The van der Waals surface area contributed by atoms with E-state index in [2.05, 4.69) is 0 Å². The molecule has 0 aliphatic heterocycles. The zero-order valence-corrected chi connectivity index (χ0v) is 6.82. The Bertz CT molecular complexity index is 438. The second-order valence-electron chi connectivity index (χ2n) is 2.29. The molecule has 0 radical (unpaired) electrons. The molecule has 0 saturated heterocycles. The monoisotopic (exact) mass is 181 g/mol. The van der Waals surface area contributed by atoms with Crippen molar-refractivity contribution in [3.05, 3.63) is 40.0 Å². The van der Waals surface area contributed by atoms with Gasteiger partial charge in [-0.25, -0.2) is 0 Å². The molecular formula is C7H5N2O2S+. The van der Waals surface area contributed by atoms with Crippen molar-refractivity contribution in [1.29, 1.82) is 0 Å². The molecule has 2 aromatic heterocycles. The van der Waals surface area contributed by atoms with Crippen LogP contribution in [0.2, 0.25) is 0 Å². The van der Waals surface area contributed by atoms with Crippen LogP contribution < -0.4 is 4.40 Å². The smallest absolute Gasteiger partial charge is 0.258 e. The minimum atomic E-state index is -0.399. The van der Waals surface area contributed by atoms with Gasteiger partial charge in [-0.2, -0.15) is 4.40 Å². The Morgan fingerprint density at radius 3 is 3.08 bits per heavy atom. The van der Waals surface area contributed by atoms with E-state index in [1.54, 1.807) is 28.0 Å². The van der Waals surface area contributed by atoms with Gasteiger partial charge in [0.2, 0.25) is 0 Å². The Kier molecular flexibility index (Phi) is 1.51. The topological polar surface area (TPSA) is 47.2 Å². The molecule has 0 bridgehead atoms. The summed E-state index contributed by atoms with van der Waals surface area (Å²) in [6, 6.07) is 3.24. The van der Waals surface area contributed by atoms with E-state index in [9.17, 15) is 10.1 Å². The van der Waals surface area contributed by atoms with Gasteiger partial charge in [-0.3, -0.25) is 10.1 Å². The van der Waals surface area contributed by atoms with Gasteiger partial charge >= 0.3 is 5.69 Å². The van der Waals surface area contributed by atoms with E-state index >= 15 is 0 Å². The summed E-state index contributed by atoms with van der Waals surface area (Å²) in [5.41, 5.74) is 0.117. The normalized spacial score (nSPS) is 10.3. The minimum absolute atomic E-state index is 0.117. The van der Waals surface area contributed by atoms with Crippen LogP contribution in [0.1, 0.15) is 0 Å². The average molecular weight is 181 g/mol. The first-order valence-corrected chi connectivity index (χ1v) is 4.18. The first-order chi connectivity index (χ1) is 5.77. The van der Waals surface area contributed by atoms with E-state index in [0.29, 0.717) is 0 Å². The van der Waals surface area contributed by atoms with Gasteiger partial charge in [-0.1, -0.05) is 11.3 Å². The predicted octanol–water partition coefficient (Wildman–Crippen LogP) is 1.39. The van der Waals surface area contributed by atoms with Gasteiger partial charge in [0.1, 0.15) is 0 Å². The van der Waals surface area contributed by atoms with Gasteiger partial charge in [0.25, 0.3) is 11.0 Å². The van der Waals surface area contributed by atoms with Crippen LogP contribution in [0.3, 0.4) is 0 Å². The predicted molar refractivity (Wildman–Crippen MR) is 44.1 cm³/mol. The summed E-state index contributed by atoms with van der Waals surface area (Å²) in [5.74, 6) is 0. The van der Waals surface area contributed by atoms with Crippen molar-refractivity contribution in [3.63, 3.8) is 0 Å². The van der Waals surface area contributed by atoms with E-state index in [1.165, 1.54) is 12.3 Å². The van der Waals surface area contributed by atoms with Crippen LogP contribution in [0, 0.1) is 10.1 Å². The average Bonchev–Trinajstić information content (AvgIpc) is 2.49. The number of thiazole rings is 1. The lowest BCUT2D eigenvalue weighted by molar-refractivity contribution is -0.516. The third kappa shape index (κ3) is 1.04. The maximum absolute atomic E-state index is 10.4. The second-order valence-corrected chi connectivity index (χ2v) is 3.22. The molecule has 4 nitrogen and oxygen atoms in total. The molecule has 0 fully saturated rings. The maximum Gasteiger partial charge on any atom is 0.332 e. The van der Waals surface area contributed by atoms with Gasteiger partial charge in [0, 0.05) is 12.1 Å². The molecule has 60 valence electrons. The van der Waals surface area contributed by atoms with Gasteiger partial charge in [0.05, 0.1) is 10.3 Å². The fraction of sp³-hybridized carbons (Fsp3) is 0. The minimum Gasteiger partial charge on any atom is -0.258 e. The lowest BCUT2D eigenvalue weighted by Gasteiger charge is -1.84. The van der Waals surface area contributed by atoms with Crippen LogP contribution in [-0.4, -0.2) is 4.92 Å². The third-order valence-electron chi connectivity index (χ3n) is 1.54. The quantitative estimate of drug-likeness (QED) is 0.379. The van der Waals surface area contributed by atoms with Gasteiger partial charge in [-0.05, 0) is 0 Å². The van der Waals surface area contributed by atoms with E-state index in [0.717, 1.165) is 4.83 Å². The lowest BCUT2D eigenvalue weighted by Crippen LogP contribution is -2.16. The third-order valence-corrected chi connectivity index (χ3v) is 2.39. The zero-order valence-electron chi connectivity index (χ0n) is 6.01. The molecule has 0 atom stereocenters. The Balaban J connectivity index is 2.68. The summed E-state index contributed by atoms with van der Waals surface area (Å²) in [5, 5.41) is 12.3. The first-order valence-electron chi connectivity index (χ1n) is 3.30. The second kappa shape index (κ2) is 2.53. The van der Waals surface area contributed by atoms with Crippen LogP contribution in [0.4, 0.5) is 5.69 Å². The molecule has 0 aromatic carbocycles. The Labute approximate surface area is 71.9 Å².